The van der Waals surface area contributed by atoms with Gasteiger partial charge in [-0.05, 0) is 25.3 Å². The average molecular weight is 247 g/mol. The second kappa shape index (κ2) is 5.27. The number of hydrogen-bond donors (Lipinski definition) is 1. The summed E-state index contributed by atoms with van der Waals surface area (Å²) in [5.74, 6) is 0. The molecule has 0 aliphatic carbocycles. The Kier molecular flexibility index (Phi) is 3.74. The molecule has 0 radical (unpaired) electrons. The number of nitrogens with zero attached hydrogens (tertiary/aromatic N) is 2. The first kappa shape index (κ1) is 12.0. The van der Waals surface area contributed by atoms with E-state index in [0.29, 0.717) is 0 Å². The van der Waals surface area contributed by atoms with E-state index < -0.39 is 0 Å². The third-order valence-corrected chi connectivity index (χ3v) is 3.71. The van der Waals surface area contributed by atoms with E-state index in [1.807, 2.05) is 17.9 Å². The monoisotopic (exact) mass is 247 g/mol. The Morgan fingerprint density at radius 1 is 1.35 bits per heavy atom. The Hall–Kier alpha value is -1.42. The molecule has 0 amide bonds. The summed E-state index contributed by atoms with van der Waals surface area (Å²) in [4.78, 5) is 1.27. The Balaban J connectivity index is 2.10. The van der Waals surface area contributed by atoms with Crippen molar-refractivity contribution in [2.75, 3.05) is 11.6 Å². The van der Waals surface area contributed by atoms with Crippen LogP contribution in [0, 0.1) is 6.92 Å². The van der Waals surface area contributed by atoms with Crippen molar-refractivity contribution in [3.63, 3.8) is 0 Å². The lowest BCUT2D eigenvalue weighted by atomic mass is 10.2. The van der Waals surface area contributed by atoms with Gasteiger partial charge in [0.1, 0.15) is 0 Å². The highest BCUT2D eigenvalue weighted by Crippen LogP contribution is 2.25. The smallest absolute Gasteiger partial charge is 0.0542 e. The summed E-state index contributed by atoms with van der Waals surface area (Å²) in [5.41, 5.74) is 3.63. The van der Waals surface area contributed by atoms with E-state index in [-0.39, 0.29) is 0 Å². The van der Waals surface area contributed by atoms with Crippen LogP contribution in [0.15, 0.2) is 35.4 Å². The molecule has 4 heteroatoms. The molecular formula is C13H17N3S. The van der Waals surface area contributed by atoms with Gasteiger partial charge in [0.2, 0.25) is 0 Å². The van der Waals surface area contributed by atoms with Crippen LogP contribution in [0.5, 0.6) is 0 Å². The molecule has 1 aromatic heterocycles. The standard InChI is InChI=1S/C13H17N3S/c1-10-11(9-15-16(10)2)8-14-12-6-4-5-7-13(12)17-3/h4-7,9,14H,8H2,1-3H3. The van der Waals surface area contributed by atoms with E-state index in [0.717, 1.165) is 6.54 Å². The molecule has 90 valence electrons. The van der Waals surface area contributed by atoms with Crippen LogP contribution < -0.4 is 5.32 Å². The average Bonchev–Trinajstić information content (AvgIpc) is 2.68. The van der Waals surface area contributed by atoms with E-state index >= 15 is 0 Å². The van der Waals surface area contributed by atoms with Crippen LogP contribution >= 0.6 is 11.8 Å². The molecule has 0 unspecified atom stereocenters. The predicted molar refractivity (Wildman–Crippen MR) is 73.5 cm³/mol. The normalized spacial score (nSPS) is 10.5. The van der Waals surface area contributed by atoms with Crippen molar-refractivity contribution < 1.29 is 0 Å². The third-order valence-electron chi connectivity index (χ3n) is 2.91. The minimum atomic E-state index is 0.817. The number of thioether (sulfide) groups is 1. The van der Waals surface area contributed by atoms with E-state index in [1.165, 1.54) is 21.8 Å². The van der Waals surface area contributed by atoms with Crippen LogP contribution in [0.4, 0.5) is 5.69 Å². The van der Waals surface area contributed by atoms with Crippen molar-refractivity contribution in [1.29, 1.82) is 0 Å². The molecule has 0 aliphatic heterocycles. The molecule has 0 aliphatic rings. The molecule has 0 spiro atoms. The summed E-state index contributed by atoms with van der Waals surface area (Å²) in [7, 11) is 1.97. The van der Waals surface area contributed by atoms with Crippen molar-refractivity contribution in [3.8, 4) is 0 Å². The second-order valence-corrected chi connectivity index (χ2v) is 4.78. The first-order chi connectivity index (χ1) is 8.22. The Labute approximate surface area is 106 Å². The Morgan fingerprint density at radius 2 is 2.12 bits per heavy atom. The van der Waals surface area contributed by atoms with Crippen LogP contribution in [-0.4, -0.2) is 16.0 Å². The first-order valence-corrected chi connectivity index (χ1v) is 6.79. The highest BCUT2D eigenvalue weighted by molar-refractivity contribution is 7.98. The maximum atomic E-state index is 4.24. The van der Waals surface area contributed by atoms with Gasteiger partial charge < -0.3 is 5.32 Å². The van der Waals surface area contributed by atoms with Crippen LogP contribution in [0.2, 0.25) is 0 Å². The van der Waals surface area contributed by atoms with Gasteiger partial charge in [0.15, 0.2) is 0 Å². The molecule has 2 aromatic rings. The zero-order valence-corrected chi connectivity index (χ0v) is 11.2. The lowest BCUT2D eigenvalue weighted by Crippen LogP contribution is -2.02. The molecule has 1 heterocycles. The highest BCUT2D eigenvalue weighted by Gasteiger charge is 2.04. The molecular weight excluding hydrogens is 230 g/mol. The van der Waals surface area contributed by atoms with Crippen LogP contribution in [0.25, 0.3) is 0 Å². The first-order valence-electron chi connectivity index (χ1n) is 5.56. The summed E-state index contributed by atoms with van der Waals surface area (Å²) in [5, 5.41) is 7.70. The van der Waals surface area contributed by atoms with Crippen molar-refractivity contribution in [2.45, 2.75) is 18.4 Å². The van der Waals surface area contributed by atoms with Gasteiger partial charge in [-0.25, -0.2) is 0 Å². The van der Waals surface area contributed by atoms with Gasteiger partial charge in [-0.3, -0.25) is 4.68 Å². The van der Waals surface area contributed by atoms with Gasteiger partial charge in [-0.15, -0.1) is 11.8 Å². The zero-order valence-electron chi connectivity index (χ0n) is 10.4. The van der Waals surface area contributed by atoms with Gasteiger partial charge in [0, 0.05) is 35.4 Å². The summed E-state index contributed by atoms with van der Waals surface area (Å²) >= 11 is 1.76. The lowest BCUT2D eigenvalue weighted by Gasteiger charge is -2.09. The van der Waals surface area contributed by atoms with Gasteiger partial charge in [-0.1, -0.05) is 12.1 Å². The van der Waals surface area contributed by atoms with E-state index in [2.05, 4.69) is 47.9 Å². The maximum Gasteiger partial charge on any atom is 0.0542 e. The molecule has 2 rings (SSSR count). The van der Waals surface area contributed by atoms with Crippen LogP contribution in [0.3, 0.4) is 0 Å². The van der Waals surface area contributed by atoms with E-state index in [4.69, 9.17) is 0 Å². The van der Waals surface area contributed by atoms with Gasteiger partial charge in [0.25, 0.3) is 0 Å². The molecule has 0 bridgehead atoms. The molecule has 1 aromatic carbocycles. The van der Waals surface area contributed by atoms with Crippen LogP contribution in [-0.2, 0) is 13.6 Å². The summed E-state index contributed by atoms with van der Waals surface area (Å²) in [6.07, 6.45) is 4.01. The highest BCUT2D eigenvalue weighted by atomic mass is 32.2. The number of hydrogen-bond acceptors (Lipinski definition) is 3. The van der Waals surface area contributed by atoms with E-state index in [9.17, 15) is 0 Å². The topological polar surface area (TPSA) is 29.9 Å². The SMILES string of the molecule is CSc1ccccc1NCc1cnn(C)c1C. The maximum absolute atomic E-state index is 4.24. The quantitative estimate of drug-likeness (QED) is 0.842. The van der Waals surface area contributed by atoms with Crippen LogP contribution in [0.1, 0.15) is 11.3 Å². The van der Waals surface area contributed by atoms with E-state index in [1.54, 1.807) is 11.8 Å². The minimum Gasteiger partial charge on any atom is -0.380 e. The molecule has 0 fully saturated rings. The van der Waals surface area contributed by atoms with Crippen molar-refractivity contribution >= 4 is 17.4 Å². The number of aryl methyl sites for hydroxylation is 1. The number of rotatable bonds is 4. The number of para-hydroxylation sites is 1. The van der Waals surface area contributed by atoms with Gasteiger partial charge in [-0.2, -0.15) is 5.10 Å². The molecule has 0 saturated carbocycles. The van der Waals surface area contributed by atoms with Crippen molar-refractivity contribution in [2.24, 2.45) is 7.05 Å². The fourth-order valence-corrected chi connectivity index (χ4v) is 2.27. The summed E-state index contributed by atoms with van der Waals surface area (Å²) in [6.45, 7) is 2.90. The second-order valence-electron chi connectivity index (χ2n) is 3.93. The predicted octanol–water partition coefficient (Wildman–Crippen LogP) is 3.06. The van der Waals surface area contributed by atoms with Gasteiger partial charge in [0.05, 0.1) is 6.20 Å². The molecule has 17 heavy (non-hydrogen) atoms. The summed E-state index contributed by atoms with van der Waals surface area (Å²) in [6, 6.07) is 8.35. The fourth-order valence-electron chi connectivity index (χ4n) is 1.70. The lowest BCUT2D eigenvalue weighted by molar-refractivity contribution is 0.738. The number of anilines is 1. The molecule has 0 saturated heterocycles. The number of benzene rings is 1. The Bertz CT molecular complexity index is 505. The zero-order chi connectivity index (χ0) is 12.3. The third kappa shape index (κ3) is 2.64. The summed E-state index contributed by atoms with van der Waals surface area (Å²) < 4.78 is 1.90. The number of nitrogens with one attached hydrogen (secondary N) is 1. The Morgan fingerprint density at radius 3 is 2.76 bits per heavy atom. The molecule has 3 nitrogen and oxygen atoms in total. The largest absolute Gasteiger partial charge is 0.380 e. The van der Waals surface area contributed by atoms with Crippen molar-refractivity contribution in [3.05, 3.63) is 41.7 Å². The molecule has 0 atom stereocenters. The number of aromatic nitrogens is 2. The fraction of sp³-hybridized carbons (Fsp3) is 0.308. The van der Waals surface area contributed by atoms with Gasteiger partial charge >= 0.3 is 0 Å². The molecule has 1 N–H and O–H groups in total. The minimum absolute atomic E-state index is 0.817. The van der Waals surface area contributed by atoms with Crippen molar-refractivity contribution in [1.82, 2.24) is 9.78 Å².